The number of aromatic amines is 1. The molecule has 1 fully saturated rings. The van der Waals surface area contributed by atoms with Crippen LogP contribution in [0.5, 0.6) is 0 Å². The summed E-state index contributed by atoms with van der Waals surface area (Å²) in [5.74, 6) is 0.138. The summed E-state index contributed by atoms with van der Waals surface area (Å²) in [6, 6.07) is 0. The molecule has 0 spiro atoms. The molecule has 0 radical (unpaired) electrons. The lowest BCUT2D eigenvalue weighted by atomic mass is 10.0. The number of aromatic nitrogens is 3. The number of amides is 1. The monoisotopic (exact) mass is 209 g/mol. The van der Waals surface area contributed by atoms with Gasteiger partial charge in [-0.3, -0.25) is 9.89 Å². The third-order valence-electron chi connectivity index (χ3n) is 2.46. The fraction of sp³-hybridized carbons (Fsp3) is 0.667. The first-order chi connectivity index (χ1) is 7.08. The smallest absolute Gasteiger partial charge is 0.293 e. The average molecular weight is 209 g/mol. The van der Waals surface area contributed by atoms with E-state index in [0.29, 0.717) is 13.1 Å². The van der Waals surface area contributed by atoms with E-state index in [1.807, 2.05) is 0 Å². The minimum Gasteiger partial charge on any atom is -0.333 e. The molecule has 0 aliphatic carbocycles. The third-order valence-corrected chi connectivity index (χ3v) is 2.46. The van der Waals surface area contributed by atoms with Gasteiger partial charge in [0.25, 0.3) is 5.91 Å². The van der Waals surface area contributed by atoms with Gasteiger partial charge in [0.15, 0.2) is 0 Å². The summed E-state index contributed by atoms with van der Waals surface area (Å²) >= 11 is 0. The van der Waals surface area contributed by atoms with Crippen LogP contribution in [0.1, 0.15) is 24.5 Å². The molecule has 2 heterocycles. The van der Waals surface area contributed by atoms with Crippen LogP contribution in [0.15, 0.2) is 6.33 Å². The van der Waals surface area contributed by atoms with Gasteiger partial charge in [0.05, 0.1) is 0 Å². The van der Waals surface area contributed by atoms with Gasteiger partial charge in [0.2, 0.25) is 5.82 Å². The van der Waals surface area contributed by atoms with Gasteiger partial charge in [-0.05, 0) is 13.8 Å². The molecule has 0 saturated carbocycles. The van der Waals surface area contributed by atoms with Crippen molar-refractivity contribution in [2.75, 3.05) is 19.6 Å². The van der Waals surface area contributed by atoms with Gasteiger partial charge < -0.3 is 10.2 Å². The van der Waals surface area contributed by atoms with Gasteiger partial charge in [-0.2, -0.15) is 0 Å². The Morgan fingerprint density at radius 3 is 3.00 bits per heavy atom. The van der Waals surface area contributed by atoms with Crippen molar-refractivity contribution >= 4 is 5.91 Å². The molecule has 1 aliphatic rings. The highest BCUT2D eigenvalue weighted by Gasteiger charge is 2.30. The van der Waals surface area contributed by atoms with Gasteiger partial charge in [-0.1, -0.05) is 0 Å². The standard InChI is InChI=1S/C9H15N5O/c1-9(2)5-14(4-3-11-9)8(15)7-10-6-12-13-7/h6,11H,3-5H2,1-2H3,(H,10,12,13). The van der Waals surface area contributed by atoms with Crippen LogP contribution >= 0.6 is 0 Å². The molecule has 0 unspecified atom stereocenters. The second-order valence-electron chi connectivity index (χ2n) is 4.36. The molecule has 2 rings (SSSR count). The maximum absolute atomic E-state index is 11.9. The molecule has 1 saturated heterocycles. The zero-order valence-electron chi connectivity index (χ0n) is 8.95. The second-order valence-corrected chi connectivity index (χ2v) is 4.36. The van der Waals surface area contributed by atoms with Gasteiger partial charge in [0, 0.05) is 25.2 Å². The molecule has 2 N–H and O–H groups in total. The number of H-pyrrole nitrogens is 1. The molecule has 0 atom stereocenters. The first-order valence-corrected chi connectivity index (χ1v) is 4.98. The molecule has 1 aromatic heterocycles. The molecule has 82 valence electrons. The Balaban J connectivity index is 2.08. The van der Waals surface area contributed by atoms with Gasteiger partial charge in [-0.15, -0.1) is 5.10 Å². The molecule has 0 bridgehead atoms. The average Bonchev–Trinajstić information content (AvgIpc) is 2.67. The maximum Gasteiger partial charge on any atom is 0.293 e. The van der Waals surface area contributed by atoms with Gasteiger partial charge in [-0.25, -0.2) is 4.98 Å². The highest BCUT2D eigenvalue weighted by atomic mass is 16.2. The normalized spacial score (nSPS) is 20.3. The van der Waals surface area contributed by atoms with Crippen molar-refractivity contribution in [3.8, 4) is 0 Å². The van der Waals surface area contributed by atoms with Crippen LogP contribution in [0.2, 0.25) is 0 Å². The highest BCUT2D eigenvalue weighted by Crippen LogP contribution is 2.11. The lowest BCUT2D eigenvalue weighted by Crippen LogP contribution is -2.58. The molecule has 6 heteroatoms. The minimum atomic E-state index is -0.106. The van der Waals surface area contributed by atoms with E-state index in [1.165, 1.54) is 6.33 Å². The SMILES string of the molecule is CC1(C)CN(C(=O)c2nc[nH]n2)CCN1. The molecule has 0 aromatic carbocycles. The van der Waals surface area contributed by atoms with Crippen molar-refractivity contribution in [3.63, 3.8) is 0 Å². The van der Waals surface area contributed by atoms with Gasteiger partial charge >= 0.3 is 0 Å². The van der Waals surface area contributed by atoms with E-state index in [1.54, 1.807) is 4.90 Å². The summed E-state index contributed by atoms with van der Waals surface area (Å²) in [6.07, 6.45) is 1.42. The number of hydrogen-bond acceptors (Lipinski definition) is 4. The Morgan fingerprint density at radius 1 is 1.60 bits per heavy atom. The molecule has 1 aromatic rings. The fourth-order valence-electron chi connectivity index (χ4n) is 1.77. The van der Waals surface area contributed by atoms with Crippen LogP contribution < -0.4 is 5.32 Å². The summed E-state index contributed by atoms with van der Waals surface area (Å²) in [5.41, 5.74) is -0.0375. The molecular weight excluding hydrogens is 194 g/mol. The van der Waals surface area contributed by atoms with Crippen molar-refractivity contribution in [1.29, 1.82) is 0 Å². The van der Waals surface area contributed by atoms with E-state index in [4.69, 9.17) is 0 Å². The molecular formula is C9H15N5O. The number of nitrogens with zero attached hydrogens (tertiary/aromatic N) is 3. The van der Waals surface area contributed by atoms with E-state index >= 15 is 0 Å². The maximum atomic E-state index is 11.9. The van der Waals surface area contributed by atoms with Gasteiger partial charge in [0.1, 0.15) is 6.33 Å². The van der Waals surface area contributed by atoms with Crippen molar-refractivity contribution in [3.05, 3.63) is 12.2 Å². The van der Waals surface area contributed by atoms with Crippen molar-refractivity contribution in [2.45, 2.75) is 19.4 Å². The quantitative estimate of drug-likeness (QED) is 0.661. The number of carbonyl (C=O) groups excluding carboxylic acids is 1. The number of rotatable bonds is 1. The molecule has 1 amide bonds. The second kappa shape index (κ2) is 3.62. The first-order valence-electron chi connectivity index (χ1n) is 4.98. The summed E-state index contributed by atoms with van der Waals surface area (Å²) in [6.45, 7) is 6.34. The Bertz CT molecular complexity index is 345. The largest absolute Gasteiger partial charge is 0.333 e. The molecule has 15 heavy (non-hydrogen) atoms. The highest BCUT2D eigenvalue weighted by molar-refractivity contribution is 5.90. The van der Waals surface area contributed by atoms with Crippen LogP contribution in [0.3, 0.4) is 0 Å². The molecule has 6 nitrogen and oxygen atoms in total. The number of nitrogens with one attached hydrogen (secondary N) is 2. The number of piperazine rings is 1. The number of hydrogen-bond donors (Lipinski definition) is 2. The Kier molecular flexibility index (Phi) is 2.44. The van der Waals surface area contributed by atoms with Crippen molar-refractivity contribution in [2.24, 2.45) is 0 Å². The summed E-state index contributed by atoms with van der Waals surface area (Å²) in [7, 11) is 0. The summed E-state index contributed by atoms with van der Waals surface area (Å²) in [5, 5.41) is 9.68. The van der Waals surface area contributed by atoms with E-state index in [2.05, 4.69) is 34.3 Å². The van der Waals surface area contributed by atoms with Crippen LogP contribution in [-0.4, -0.2) is 51.2 Å². The van der Waals surface area contributed by atoms with Crippen LogP contribution in [-0.2, 0) is 0 Å². The Morgan fingerprint density at radius 2 is 2.40 bits per heavy atom. The zero-order valence-corrected chi connectivity index (χ0v) is 8.95. The first kappa shape index (κ1) is 10.1. The van der Waals surface area contributed by atoms with E-state index in [9.17, 15) is 4.79 Å². The predicted molar refractivity (Wildman–Crippen MR) is 54.4 cm³/mol. The van der Waals surface area contributed by atoms with Crippen LogP contribution in [0.4, 0.5) is 0 Å². The van der Waals surface area contributed by atoms with Crippen LogP contribution in [0, 0.1) is 0 Å². The lowest BCUT2D eigenvalue weighted by Gasteiger charge is -2.38. The topological polar surface area (TPSA) is 73.9 Å². The summed E-state index contributed by atoms with van der Waals surface area (Å²) in [4.78, 5) is 17.5. The van der Waals surface area contributed by atoms with E-state index in [0.717, 1.165) is 6.54 Å². The molecule has 1 aliphatic heterocycles. The Labute approximate surface area is 88.1 Å². The zero-order chi connectivity index (χ0) is 10.9. The van der Waals surface area contributed by atoms with Crippen LogP contribution in [0.25, 0.3) is 0 Å². The number of carbonyl (C=O) groups is 1. The Hall–Kier alpha value is -1.43. The predicted octanol–water partition coefficient (Wildman–Crippen LogP) is -0.371. The minimum absolute atomic E-state index is 0.0375. The van der Waals surface area contributed by atoms with E-state index < -0.39 is 0 Å². The van der Waals surface area contributed by atoms with E-state index in [-0.39, 0.29) is 17.3 Å². The lowest BCUT2D eigenvalue weighted by molar-refractivity contribution is 0.0640. The third kappa shape index (κ3) is 2.15. The summed E-state index contributed by atoms with van der Waals surface area (Å²) < 4.78 is 0. The fourth-order valence-corrected chi connectivity index (χ4v) is 1.77. The van der Waals surface area contributed by atoms with Crippen molar-refractivity contribution in [1.82, 2.24) is 25.4 Å². The van der Waals surface area contributed by atoms with Crippen molar-refractivity contribution < 1.29 is 4.79 Å².